The molecule has 5 nitrogen and oxygen atoms in total. The first-order valence-electron chi connectivity index (χ1n) is 8.17. The average Bonchev–Trinajstić information content (AvgIpc) is 3.27. The minimum Gasteiger partial charge on any atom is -0.352 e. The summed E-state index contributed by atoms with van der Waals surface area (Å²) in [5, 5.41) is 6.17. The number of likely N-dealkylation sites (N-methyl/N-ethyl adjacent to an activating group) is 1. The number of nitrogens with one attached hydrogen (secondary N) is 2. The fourth-order valence-corrected chi connectivity index (χ4v) is 2.99. The van der Waals surface area contributed by atoms with Crippen LogP contribution in [0, 0.1) is 0 Å². The molecule has 2 amide bonds. The highest BCUT2D eigenvalue weighted by molar-refractivity contribution is 6.10. The fourth-order valence-electron chi connectivity index (χ4n) is 2.99. The molecule has 1 heterocycles. The zero-order valence-electron chi connectivity index (χ0n) is 13.5. The molecule has 3 aromatic rings. The quantitative estimate of drug-likeness (QED) is 0.776. The lowest BCUT2D eigenvalue weighted by Gasteiger charge is -2.15. The Morgan fingerprint density at radius 3 is 2.75 bits per heavy atom. The number of carbonyl (C=O) groups excluding carboxylic acids is 2. The molecule has 24 heavy (non-hydrogen) atoms. The van der Waals surface area contributed by atoms with Crippen LogP contribution >= 0.6 is 0 Å². The molecule has 0 saturated heterocycles. The van der Waals surface area contributed by atoms with Crippen LogP contribution in [0.1, 0.15) is 23.3 Å². The van der Waals surface area contributed by atoms with Gasteiger partial charge in [0.2, 0.25) is 5.91 Å². The highest BCUT2D eigenvalue weighted by Crippen LogP contribution is 2.26. The molecule has 122 valence electrons. The normalized spacial score (nSPS) is 14.0. The van der Waals surface area contributed by atoms with Crippen molar-refractivity contribution in [3.05, 3.63) is 48.2 Å². The summed E-state index contributed by atoms with van der Waals surface area (Å²) in [5.41, 5.74) is 1.43. The first-order valence-corrected chi connectivity index (χ1v) is 8.17. The number of amides is 2. The Labute approximate surface area is 139 Å². The van der Waals surface area contributed by atoms with Gasteiger partial charge >= 0.3 is 0 Å². The molecule has 1 saturated carbocycles. The molecule has 2 aromatic carbocycles. The Morgan fingerprint density at radius 1 is 1.17 bits per heavy atom. The molecule has 0 bridgehead atoms. The van der Waals surface area contributed by atoms with Gasteiger partial charge in [0.15, 0.2) is 0 Å². The van der Waals surface area contributed by atoms with E-state index in [0.717, 1.165) is 34.5 Å². The van der Waals surface area contributed by atoms with Crippen molar-refractivity contribution in [2.75, 3.05) is 13.6 Å². The number of aromatic nitrogens is 1. The minimum atomic E-state index is -0.179. The fraction of sp³-hybridized carbons (Fsp3) is 0.263. The van der Waals surface area contributed by atoms with E-state index >= 15 is 0 Å². The lowest BCUT2D eigenvalue weighted by Crippen LogP contribution is -2.39. The van der Waals surface area contributed by atoms with Crippen molar-refractivity contribution in [2.24, 2.45) is 0 Å². The van der Waals surface area contributed by atoms with Crippen LogP contribution < -0.4 is 5.32 Å². The summed E-state index contributed by atoms with van der Waals surface area (Å²) in [6.45, 7) is 0.0748. The van der Waals surface area contributed by atoms with Gasteiger partial charge in [-0.1, -0.05) is 30.3 Å². The molecule has 0 radical (unpaired) electrons. The largest absolute Gasteiger partial charge is 0.352 e. The summed E-state index contributed by atoms with van der Waals surface area (Å²) in [4.78, 5) is 29.1. The van der Waals surface area contributed by atoms with Gasteiger partial charge in [-0.05, 0) is 35.7 Å². The molecule has 0 unspecified atom stereocenters. The summed E-state index contributed by atoms with van der Waals surface area (Å²) in [7, 11) is 1.65. The van der Waals surface area contributed by atoms with Crippen molar-refractivity contribution in [2.45, 2.75) is 18.9 Å². The van der Waals surface area contributed by atoms with Crippen molar-refractivity contribution in [3.8, 4) is 0 Å². The molecule has 2 N–H and O–H groups in total. The Hall–Kier alpha value is -2.82. The third kappa shape index (κ3) is 2.73. The third-order valence-electron chi connectivity index (χ3n) is 4.43. The van der Waals surface area contributed by atoms with Crippen LogP contribution in [0.4, 0.5) is 0 Å². The van der Waals surface area contributed by atoms with E-state index < -0.39 is 0 Å². The minimum absolute atomic E-state index is 0.0748. The van der Waals surface area contributed by atoms with Crippen LogP contribution in [-0.2, 0) is 4.79 Å². The van der Waals surface area contributed by atoms with Gasteiger partial charge in [-0.3, -0.25) is 9.59 Å². The lowest BCUT2D eigenvalue weighted by atomic mass is 10.1. The Bertz CT molecular complexity index is 940. The molecule has 5 heteroatoms. The van der Waals surface area contributed by atoms with Gasteiger partial charge in [0.05, 0.1) is 6.54 Å². The third-order valence-corrected chi connectivity index (χ3v) is 4.43. The van der Waals surface area contributed by atoms with Gasteiger partial charge in [-0.15, -0.1) is 0 Å². The average molecular weight is 321 g/mol. The predicted octanol–water partition coefficient (Wildman–Crippen LogP) is 2.67. The number of carbonyl (C=O) groups is 2. The van der Waals surface area contributed by atoms with E-state index in [-0.39, 0.29) is 18.4 Å². The van der Waals surface area contributed by atoms with Crippen LogP contribution in [-0.4, -0.2) is 41.3 Å². The lowest BCUT2D eigenvalue weighted by molar-refractivity contribution is -0.121. The standard InChI is InChI=1S/C19H19N3O2/c1-22(11-18(23)20-13-7-8-13)19(24)17-10-15-14-5-3-2-4-12(14)6-9-16(15)21-17/h2-6,9-10,13,21H,7-8,11H2,1H3,(H,20,23). The molecule has 1 fully saturated rings. The maximum atomic E-state index is 12.6. The molecule has 1 aliphatic carbocycles. The van der Waals surface area contributed by atoms with Crippen LogP contribution in [0.2, 0.25) is 0 Å². The van der Waals surface area contributed by atoms with E-state index in [2.05, 4.69) is 16.4 Å². The summed E-state index contributed by atoms with van der Waals surface area (Å²) in [5.74, 6) is -0.281. The van der Waals surface area contributed by atoms with Gasteiger partial charge in [0.1, 0.15) is 5.69 Å². The highest BCUT2D eigenvalue weighted by atomic mass is 16.2. The van der Waals surface area contributed by atoms with Crippen LogP contribution in [0.5, 0.6) is 0 Å². The summed E-state index contributed by atoms with van der Waals surface area (Å²) < 4.78 is 0. The van der Waals surface area contributed by atoms with Crippen LogP contribution in [0.25, 0.3) is 21.7 Å². The van der Waals surface area contributed by atoms with E-state index in [4.69, 9.17) is 0 Å². The molecule has 0 aliphatic heterocycles. The second-order valence-corrected chi connectivity index (χ2v) is 6.43. The van der Waals surface area contributed by atoms with Crippen molar-refractivity contribution >= 4 is 33.5 Å². The molecular formula is C19H19N3O2. The Morgan fingerprint density at radius 2 is 1.96 bits per heavy atom. The molecule has 1 aromatic heterocycles. The molecule has 1 aliphatic rings. The van der Waals surface area contributed by atoms with Crippen molar-refractivity contribution in [3.63, 3.8) is 0 Å². The summed E-state index contributed by atoms with van der Waals surface area (Å²) in [6, 6.07) is 14.3. The van der Waals surface area contributed by atoms with E-state index in [1.807, 2.05) is 36.4 Å². The topological polar surface area (TPSA) is 65.2 Å². The van der Waals surface area contributed by atoms with E-state index in [1.165, 1.54) is 4.90 Å². The number of aromatic amines is 1. The number of fused-ring (bicyclic) bond motifs is 3. The van der Waals surface area contributed by atoms with Gasteiger partial charge in [-0.2, -0.15) is 0 Å². The zero-order chi connectivity index (χ0) is 16.7. The summed E-state index contributed by atoms with van der Waals surface area (Å²) >= 11 is 0. The Kier molecular flexibility index (Phi) is 3.49. The highest BCUT2D eigenvalue weighted by Gasteiger charge is 2.25. The number of hydrogen-bond acceptors (Lipinski definition) is 2. The number of nitrogens with zero attached hydrogens (tertiary/aromatic N) is 1. The van der Waals surface area contributed by atoms with Gasteiger partial charge in [0, 0.05) is 24.0 Å². The second kappa shape index (κ2) is 5.67. The van der Waals surface area contributed by atoms with Crippen LogP contribution in [0.15, 0.2) is 42.5 Å². The summed E-state index contributed by atoms with van der Waals surface area (Å²) in [6.07, 6.45) is 2.08. The van der Waals surface area contributed by atoms with E-state index in [0.29, 0.717) is 11.7 Å². The molecule has 0 spiro atoms. The first kappa shape index (κ1) is 14.8. The smallest absolute Gasteiger partial charge is 0.270 e. The van der Waals surface area contributed by atoms with E-state index in [1.54, 1.807) is 7.05 Å². The monoisotopic (exact) mass is 321 g/mol. The zero-order valence-corrected chi connectivity index (χ0v) is 13.5. The van der Waals surface area contributed by atoms with E-state index in [9.17, 15) is 9.59 Å². The van der Waals surface area contributed by atoms with Gasteiger partial charge in [0.25, 0.3) is 5.91 Å². The van der Waals surface area contributed by atoms with Gasteiger partial charge in [-0.25, -0.2) is 0 Å². The van der Waals surface area contributed by atoms with Crippen molar-refractivity contribution in [1.29, 1.82) is 0 Å². The number of benzene rings is 2. The number of rotatable bonds is 4. The SMILES string of the molecule is CN(CC(=O)NC1CC1)C(=O)c1cc2c(ccc3ccccc32)[nH]1. The maximum Gasteiger partial charge on any atom is 0.270 e. The second-order valence-electron chi connectivity index (χ2n) is 6.43. The first-order chi connectivity index (χ1) is 11.6. The van der Waals surface area contributed by atoms with Gasteiger partial charge < -0.3 is 15.2 Å². The molecule has 4 rings (SSSR count). The molecular weight excluding hydrogens is 302 g/mol. The maximum absolute atomic E-state index is 12.6. The Balaban J connectivity index is 1.59. The molecule has 0 atom stereocenters. The van der Waals surface area contributed by atoms with Crippen LogP contribution in [0.3, 0.4) is 0 Å². The van der Waals surface area contributed by atoms with Crippen molar-refractivity contribution in [1.82, 2.24) is 15.2 Å². The van der Waals surface area contributed by atoms with Crippen molar-refractivity contribution < 1.29 is 9.59 Å². The number of hydrogen-bond donors (Lipinski definition) is 2. The predicted molar refractivity (Wildman–Crippen MR) is 93.9 cm³/mol. The number of H-pyrrole nitrogens is 1.